The number of nitrogens with one attached hydrogen (secondary N) is 1. The summed E-state index contributed by atoms with van der Waals surface area (Å²) in [6, 6.07) is 13.0. The molecule has 0 spiro atoms. The maximum absolute atomic E-state index is 12.7. The van der Waals surface area contributed by atoms with E-state index in [0.29, 0.717) is 36.8 Å². The van der Waals surface area contributed by atoms with Gasteiger partial charge in [0, 0.05) is 6.54 Å². The molecular formula is C26H34N2O5. The maximum Gasteiger partial charge on any atom is 0.223 e. The summed E-state index contributed by atoms with van der Waals surface area (Å²) in [6.07, 6.45) is 2.64. The molecule has 2 aliphatic rings. The highest BCUT2D eigenvalue weighted by molar-refractivity contribution is 5.76. The van der Waals surface area contributed by atoms with E-state index in [-0.39, 0.29) is 18.9 Å². The minimum Gasteiger partial charge on any atom is -0.493 e. The van der Waals surface area contributed by atoms with Crippen LogP contribution in [0.4, 0.5) is 0 Å². The van der Waals surface area contributed by atoms with Crippen molar-refractivity contribution in [1.29, 1.82) is 0 Å². The molecule has 0 aliphatic carbocycles. The normalized spacial score (nSPS) is 17.4. The van der Waals surface area contributed by atoms with Crippen LogP contribution in [0.15, 0.2) is 42.5 Å². The fourth-order valence-corrected chi connectivity index (χ4v) is 4.31. The molecule has 2 aromatic carbocycles. The van der Waals surface area contributed by atoms with E-state index in [0.717, 1.165) is 38.1 Å². The molecule has 2 aliphatic heterocycles. The third kappa shape index (κ3) is 6.39. The smallest absolute Gasteiger partial charge is 0.223 e. The molecule has 1 amide bonds. The van der Waals surface area contributed by atoms with Gasteiger partial charge >= 0.3 is 0 Å². The Bertz CT molecular complexity index is 911. The average Bonchev–Trinajstić information content (AvgIpc) is 3.36. The molecule has 2 atom stereocenters. The summed E-state index contributed by atoms with van der Waals surface area (Å²) in [5, 5.41) is 14.2. The van der Waals surface area contributed by atoms with Crippen LogP contribution in [0.1, 0.15) is 43.4 Å². The number of likely N-dealkylation sites (tertiary alicyclic amines) is 1. The Morgan fingerprint density at radius 2 is 1.82 bits per heavy atom. The molecular weight excluding hydrogens is 420 g/mol. The number of amides is 1. The summed E-state index contributed by atoms with van der Waals surface area (Å²) in [5.41, 5.74) is 1.95. The van der Waals surface area contributed by atoms with E-state index >= 15 is 0 Å². The number of hydrogen-bond acceptors (Lipinski definition) is 6. The van der Waals surface area contributed by atoms with Crippen LogP contribution in [-0.2, 0) is 11.2 Å². The number of aryl methyl sites for hydroxylation is 1. The summed E-state index contributed by atoms with van der Waals surface area (Å²) in [7, 11) is 0. The van der Waals surface area contributed by atoms with E-state index in [1.807, 2.05) is 42.5 Å². The molecule has 2 aromatic rings. The van der Waals surface area contributed by atoms with Crippen molar-refractivity contribution >= 4 is 5.91 Å². The third-order valence-corrected chi connectivity index (χ3v) is 6.22. The molecule has 0 unspecified atom stereocenters. The van der Waals surface area contributed by atoms with Crippen LogP contribution in [0, 0.1) is 0 Å². The van der Waals surface area contributed by atoms with Crippen molar-refractivity contribution in [3.05, 3.63) is 53.6 Å². The van der Waals surface area contributed by atoms with Crippen LogP contribution in [0.25, 0.3) is 0 Å². The van der Waals surface area contributed by atoms with E-state index < -0.39 is 12.1 Å². The van der Waals surface area contributed by atoms with Crippen molar-refractivity contribution in [2.75, 3.05) is 39.5 Å². The van der Waals surface area contributed by atoms with Gasteiger partial charge in [0.15, 0.2) is 11.5 Å². The first-order chi connectivity index (χ1) is 16.1. The Morgan fingerprint density at radius 3 is 2.55 bits per heavy atom. The summed E-state index contributed by atoms with van der Waals surface area (Å²) in [4.78, 5) is 15.0. The van der Waals surface area contributed by atoms with Gasteiger partial charge in [-0.25, -0.2) is 0 Å². The van der Waals surface area contributed by atoms with Crippen LogP contribution in [-0.4, -0.2) is 61.4 Å². The van der Waals surface area contributed by atoms with Gasteiger partial charge in [0.1, 0.15) is 25.1 Å². The van der Waals surface area contributed by atoms with E-state index in [4.69, 9.17) is 14.2 Å². The molecule has 7 heteroatoms. The van der Waals surface area contributed by atoms with Gasteiger partial charge in [-0.15, -0.1) is 0 Å². The quantitative estimate of drug-likeness (QED) is 0.574. The molecule has 0 saturated carbocycles. The fourth-order valence-electron chi connectivity index (χ4n) is 4.31. The number of hydrogen-bond donors (Lipinski definition) is 2. The van der Waals surface area contributed by atoms with E-state index in [2.05, 4.69) is 17.1 Å². The lowest BCUT2D eigenvalue weighted by Gasteiger charge is -2.29. The zero-order valence-corrected chi connectivity index (χ0v) is 19.3. The fraction of sp³-hybridized carbons (Fsp3) is 0.500. The zero-order chi connectivity index (χ0) is 23.0. The molecule has 0 radical (unpaired) electrons. The molecule has 2 N–H and O–H groups in total. The third-order valence-electron chi connectivity index (χ3n) is 6.22. The first-order valence-corrected chi connectivity index (χ1v) is 11.9. The highest BCUT2D eigenvalue weighted by Gasteiger charge is 2.27. The van der Waals surface area contributed by atoms with Crippen molar-refractivity contribution in [2.45, 2.75) is 44.8 Å². The number of rotatable bonds is 10. The number of carbonyl (C=O) groups excluding carboxylic acids is 1. The Kier molecular flexibility index (Phi) is 8.07. The van der Waals surface area contributed by atoms with Gasteiger partial charge in [0.05, 0.1) is 19.1 Å². The Balaban J connectivity index is 1.36. The van der Waals surface area contributed by atoms with Crippen LogP contribution in [0.5, 0.6) is 17.2 Å². The molecule has 1 fully saturated rings. The Hall–Kier alpha value is -2.77. The zero-order valence-electron chi connectivity index (χ0n) is 19.3. The topological polar surface area (TPSA) is 80.3 Å². The highest BCUT2D eigenvalue weighted by atomic mass is 16.6. The SMILES string of the molecule is CCc1ccc(OCCC(=O)N[C@H](CN2CCCC2)[C@@H](O)c2ccc3c(c2)OCCO3)cc1. The standard InChI is InChI=1S/C26H34N2O5/c1-2-19-5-8-21(9-6-19)31-14-11-25(29)27-22(18-28-12-3-4-13-28)26(30)20-7-10-23-24(17-20)33-16-15-32-23/h5-10,17,22,26,30H,2-4,11-16,18H2,1H3,(H,27,29)/t22-,26+/m1/s1. The van der Waals surface area contributed by atoms with E-state index in [1.54, 1.807) is 0 Å². The van der Waals surface area contributed by atoms with Crippen LogP contribution in [0.2, 0.25) is 0 Å². The van der Waals surface area contributed by atoms with Gasteiger partial charge in [-0.05, 0) is 67.7 Å². The molecule has 178 valence electrons. The number of aliphatic hydroxyl groups is 1. The number of carbonyl (C=O) groups is 1. The summed E-state index contributed by atoms with van der Waals surface area (Å²) in [5.74, 6) is 1.93. The lowest BCUT2D eigenvalue weighted by atomic mass is 10.0. The van der Waals surface area contributed by atoms with Gasteiger partial charge in [0.25, 0.3) is 0 Å². The van der Waals surface area contributed by atoms with Gasteiger partial charge < -0.3 is 29.5 Å². The van der Waals surface area contributed by atoms with E-state index in [1.165, 1.54) is 5.56 Å². The predicted molar refractivity (Wildman–Crippen MR) is 126 cm³/mol. The van der Waals surface area contributed by atoms with Crippen molar-refractivity contribution in [3.8, 4) is 17.2 Å². The highest BCUT2D eigenvalue weighted by Crippen LogP contribution is 2.33. The molecule has 1 saturated heterocycles. The number of nitrogens with zero attached hydrogens (tertiary/aromatic N) is 1. The van der Waals surface area contributed by atoms with E-state index in [9.17, 15) is 9.90 Å². The summed E-state index contributed by atoms with van der Waals surface area (Å²) >= 11 is 0. The van der Waals surface area contributed by atoms with Gasteiger partial charge in [0.2, 0.25) is 5.91 Å². The van der Waals surface area contributed by atoms with Crippen LogP contribution in [0.3, 0.4) is 0 Å². The summed E-state index contributed by atoms with van der Waals surface area (Å²) in [6.45, 7) is 5.97. The summed E-state index contributed by atoms with van der Waals surface area (Å²) < 4.78 is 17.0. The Labute approximate surface area is 195 Å². The van der Waals surface area contributed by atoms with Gasteiger partial charge in [-0.1, -0.05) is 25.1 Å². The number of fused-ring (bicyclic) bond motifs is 1. The first-order valence-electron chi connectivity index (χ1n) is 11.9. The second kappa shape index (κ2) is 11.4. The van der Waals surface area contributed by atoms with Crippen molar-refractivity contribution in [1.82, 2.24) is 10.2 Å². The van der Waals surface area contributed by atoms with Crippen LogP contribution >= 0.6 is 0 Å². The molecule has 4 rings (SSSR count). The Morgan fingerprint density at radius 1 is 1.09 bits per heavy atom. The lowest BCUT2D eigenvalue weighted by Crippen LogP contribution is -2.47. The molecule has 0 bridgehead atoms. The maximum atomic E-state index is 12.7. The largest absolute Gasteiger partial charge is 0.493 e. The first kappa shape index (κ1) is 23.4. The number of ether oxygens (including phenoxy) is 3. The molecule has 0 aromatic heterocycles. The monoisotopic (exact) mass is 454 g/mol. The second-order valence-corrected chi connectivity index (χ2v) is 8.63. The van der Waals surface area contributed by atoms with Crippen LogP contribution < -0.4 is 19.5 Å². The molecule has 7 nitrogen and oxygen atoms in total. The van der Waals surface area contributed by atoms with Crippen molar-refractivity contribution in [3.63, 3.8) is 0 Å². The predicted octanol–water partition coefficient (Wildman–Crippen LogP) is 3.10. The number of benzene rings is 2. The number of aliphatic hydroxyl groups excluding tert-OH is 1. The molecule has 33 heavy (non-hydrogen) atoms. The lowest BCUT2D eigenvalue weighted by molar-refractivity contribution is -0.123. The van der Waals surface area contributed by atoms with Crippen molar-refractivity contribution in [2.24, 2.45) is 0 Å². The average molecular weight is 455 g/mol. The minimum absolute atomic E-state index is 0.138. The van der Waals surface area contributed by atoms with Crippen molar-refractivity contribution < 1.29 is 24.1 Å². The minimum atomic E-state index is -0.854. The molecule has 2 heterocycles. The van der Waals surface area contributed by atoms with Gasteiger partial charge in [-0.2, -0.15) is 0 Å². The van der Waals surface area contributed by atoms with Gasteiger partial charge in [-0.3, -0.25) is 4.79 Å². The second-order valence-electron chi connectivity index (χ2n) is 8.63.